The molecule has 17 heavy (non-hydrogen) atoms. The first-order valence-electron chi connectivity index (χ1n) is 5.48. The number of fused-ring (bicyclic) bond motifs is 1. The van der Waals surface area contributed by atoms with Crippen molar-refractivity contribution < 1.29 is 9.32 Å². The normalized spacial score (nSPS) is 14.2. The van der Waals surface area contributed by atoms with E-state index in [0.29, 0.717) is 6.42 Å². The number of aromatic nitrogens is 1. The molecule has 1 aromatic heterocycles. The van der Waals surface area contributed by atoms with Gasteiger partial charge >= 0.3 is 0 Å². The third-order valence-corrected chi connectivity index (χ3v) is 3.07. The second-order valence-electron chi connectivity index (χ2n) is 4.31. The van der Waals surface area contributed by atoms with Gasteiger partial charge in [0, 0.05) is 24.4 Å². The van der Waals surface area contributed by atoms with Gasteiger partial charge in [0.25, 0.3) is 0 Å². The molecule has 0 radical (unpaired) electrons. The summed E-state index contributed by atoms with van der Waals surface area (Å²) in [7, 11) is 1.80. The zero-order valence-electron chi connectivity index (χ0n) is 9.73. The first-order chi connectivity index (χ1) is 8.15. The molecule has 0 aliphatic carbocycles. The number of amides is 1. The predicted octanol–water partition coefficient (Wildman–Crippen LogP) is 2.17. The van der Waals surface area contributed by atoms with Crippen LogP contribution in [-0.4, -0.2) is 18.1 Å². The Morgan fingerprint density at radius 3 is 2.88 bits per heavy atom. The second-order valence-corrected chi connectivity index (χ2v) is 4.31. The first-order valence-corrected chi connectivity index (χ1v) is 5.48. The largest absolute Gasteiger partial charge is 0.356 e. The molecule has 86 valence electrons. The van der Waals surface area contributed by atoms with Crippen molar-refractivity contribution in [2.45, 2.75) is 13.3 Å². The van der Waals surface area contributed by atoms with Gasteiger partial charge in [-0.15, -0.1) is 0 Å². The monoisotopic (exact) mass is 228 g/mol. The van der Waals surface area contributed by atoms with E-state index in [1.165, 1.54) is 0 Å². The lowest BCUT2D eigenvalue weighted by Crippen LogP contribution is -2.20. The number of aryl methyl sites for hydroxylation is 1. The van der Waals surface area contributed by atoms with E-state index in [1.807, 2.05) is 31.2 Å². The van der Waals surface area contributed by atoms with Gasteiger partial charge in [-0.2, -0.15) is 0 Å². The maximum absolute atomic E-state index is 11.6. The van der Waals surface area contributed by atoms with Crippen LogP contribution in [-0.2, 0) is 11.2 Å². The Morgan fingerprint density at radius 1 is 1.35 bits per heavy atom. The fraction of sp³-hybridized carbons (Fsp3) is 0.231. The number of anilines is 1. The van der Waals surface area contributed by atoms with Crippen molar-refractivity contribution in [3.63, 3.8) is 0 Å². The summed E-state index contributed by atoms with van der Waals surface area (Å²) in [6.45, 7) is 1.89. The van der Waals surface area contributed by atoms with Crippen molar-refractivity contribution in [1.29, 1.82) is 0 Å². The topological polar surface area (TPSA) is 46.3 Å². The molecule has 0 unspecified atom stereocenters. The zero-order chi connectivity index (χ0) is 12.0. The van der Waals surface area contributed by atoms with Crippen LogP contribution in [0.5, 0.6) is 0 Å². The van der Waals surface area contributed by atoms with Gasteiger partial charge in [0.2, 0.25) is 5.91 Å². The third-order valence-electron chi connectivity index (χ3n) is 3.07. The molecule has 0 saturated carbocycles. The molecule has 3 rings (SSSR count). The summed E-state index contributed by atoms with van der Waals surface area (Å²) < 4.78 is 5.22. The smallest absolute Gasteiger partial charge is 0.231 e. The molecule has 4 nitrogen and oxygen atoms in total. The summed E-state index contributed by atoms with van der Waals surface area (Å²) in [5, 5.41) is 3.86. The summed E-state index contributed by atoms with van der Waals surface area (Å²) in [5.41, 5.74) is 3.85. The lowest BCUT2D eigenvalue weighted by atomic mass is 10.1. The highest BCUT2D eigenvalue weighted by Gasteiger charge is 2.24. The van der Waals surface area contributed by atoms with E-state index in [1.54, 1.807) is 11.9 Å². The van der Waals surface area contributed by atoms with Crippen molar-refractivity contribution in [3.05, 3.63) is 35.5 Å². The van der Waals surface area contributed by atoms with Crippen molar-refractivity contribution >= 4 is 11.6 Å². The van der Waals surface area contributed by atoms with Gasteiger partial charge in [0.1, 0.15) is 0 Å². The van der Waals surface area contributed by atoms with Crippen molar-refractivity contribution in [2.24, 2.45) is 0 Å². The van der Waals surface area contributed by atoms with Gasteiger partial charge in [0.15, 0.2) is 5.76 Å². The van der Waals surface area contributed by atoms with Crippen molar-refractivity contribution in [3.8, 4) is 11.3 Å². The number of hydrogen-bond acceptors (Lipinski definition) is 3. The van der Waals surface area contributed by atoms with Crippen molar-refractivity contribution in [2.75, 3.05) is 11.9 Å². The number of nitrogens with zero attached hydrogens (tertiary/aromatic N) is 2. The minimum atomic E-state index is 0.130. The summed E-state index contributed by atoms with van der Waals surface area (Å²) in [6, 6.07) is 7.79. The van der Waals surface area contributed by atoms with Gasteiger partial charge in [-0.1, -0.05) is 5.16 Å². The number of rotatable bonds is 1. The van der Waals surface area contributed by atoms with Crippen LogP contribution >= 0.6 is 0 Å². The Balaban J connectivity index is 2.06. The first kappa shape index (κ1) is 10.1. The van der Waals surface area contributed by atoms with Crippen LogP contribution in [0, 0.1) is 6.92 Å². The van der Waals surface area contributed by atoms with Gasteiger partial charge in [0.05, 0.1) is 12.1 Å². The van der Waals surface area contributed by atoms with E-state index < -0.39 is 0 Å². The highest BCUT2D eigenvalue weighted by Crippen LogP contribution is 2.32. The Morgan fingerprint density at radius 2 is 2.18 bits per heavy atom. The number of hydrogen-bond donors (Lipinski definition) is 0. The number of likely N-dealkylation sites (N-methyl/N-ethyl adjacent to an activating group) is 1. The molecular weight excluding hydrogens is 216 g/mol. The van der Waals surface area contributed by atoms with Crippen LogP contribution in [0.4, 0.5) is 5.69 Å². The molecule has 0 atom stereocenters. The molecule has 1 amide bonds. The Hall–Kier alpha value is -2.10. The van der Waals surface area contributed by atoms with Crippen LogP contribution in [0.25, 0.3) is 11.3 Å². The minimum absolute atomic E-state index is 0.130. The molecule has 0 fully saturated rings. The number of carbonyl (C=O) groups is 1. The van der Waals surface area contributed by atoms with Crippen LogP contribution in [0.3, 0.4) is 0 Å². The highest BCUT2D eigenvalue weighted by molar-refractivity contribution is 6.01. The van der Waals surface area contributed by atoms with Gasteiger partial charge in [-0.3, -0.25) is 4.79 Å². The van der Waals surface area contributed by atoms with E-state index in [4.69, 9.17) is 4.52 Å². The van der Waals surface area contributed by atoms with E-state index in [9.17, 15) is 4.79 Å². The SMILES string of the molecule is Cc1cc(-c2ccc3c(c2)CC(=O)N3C)on1. The fourth-order valence-corrected chi connectivity index (χ4v) is 2.12. The zero-order valence-corrected chi connectivity index (χ0v) is 9.73. The third kappa shape index (κ3) is 1.53. The molecule has 1 aliphatic heterocycles. The van der Waals surface area contributed by atoms with Crippen molar-refractivity contribution in [1.82, 2.24) is 5.16 Å². The van der Waals surface area contributed by atoms with E-state index >= 15 is 0 Å². The van der Waals surface area contributed by atoms with E-state index in [2.05, 4.69) is 5.16 Å². The van der Waals surface area contributed by atoms with Crippen LogP contribution in [0.1, 0.15) is 11.3 Å². The number of carbonyl (C=O) groups excluding carboxylic acids is 1. The standard InChI is InChI=1S/C13H12N2O2/c1-8-5-12(17-14-8)9-3-4-11-10(6-9)7-13(16)15(11)2/h3-6H,7H2,1-2H3. The van der Waals surface area contributed by atoms with Gasteiger partial charge in [-0.25, -0.2) is 0 Å². The molecule has 0 bridgehead atoms. The van der Waals surface area contributed by atoms with E-state index in [0.717, 1.165) is 28.3 Å². The Labute approximate surface area is 98.8 Å². The molecule has 0 spiro atoms. The fourth-order valence-electron chi connectivity index (χ4n) is 2.12. The van der Waals surface area contributed by atoms with Gasteiger partial charge in [-0.05, 0) is 30.7 Å². The van der Waals surface area contributed by atoms with Crippen LogP contribution in [0.2, 0.25) is 0 Å². The molecule has 1 aromatic carbocycles. The molecule has 2 heterocycles. The molecule has 1 aliphatic rings. The lowest BCUT2D eigenvalue weighted by molar-refractivity contribution is -0.117. The second kappa shape index (κ2) is 3.45. The Bertz CT molecular complexity index is 601. The van der Waals surface area contributed by atoms with Gasteiger partial charge < -0.3 is 9.42 Å². The summed E-state index contributed by atoms with van der Waals surface area (Å²) >= 11 is 0. The van der Waals surface area contributed by atoms with Crippen LogP contribution in [0.15, 0.2) is 28.8 Å². The maximum atomic E-state index is 11.6. The molecule has 4 heteroatoms. The minimum Gasteiger partial charge on any atom is -0.356 e. The van der Waals surface area contributed by atoms with Crippen LogP contribution < -0.4 is 4.90 Å². The maximum Gasteiger partial charge on any atom is 0.231 e. The number of benzene rings is 1. The summed E-state index contributed by atoms with van der Waals surface area (Å²) in [5.74, 6) is 0.873. The molecule has 2 aromatic rings. The Kier molecular flexibility index (Phi) is 2.04. The molecule has 0 N–H and O–H groups in total. The lowest BCUT2D eigenvalue weighted by Gasteiger charge is -2.09. The quantitative estimate of drug-likeness (QED) is 0.751. The average Bonchev–Trinajstić information content (AvgIpc) is 2.85. The van der Waals surface area contributed by atoms with E-state index in [-0.39, 0.29) is 5.91 Å². The highest BCUT2D eigenvalue weighted by atomic mass is 16.5. The molecule has 0 saturated heterocycles. The predicted molar refractivity (Wildman–Crippen MR) is 63.8 cm³/mol. The summed E-state index contributed by atoms with van der Waals surface area (Å²) in [4.78, 5) is 13.3. The average molecular weight is 228 g/mol. The summed E-state index contributed by atoms with van der Waals surface area (Å²) in [6.07, 6.45) is 0.465. The molecular formula is C13H12N2O2.